The van der Waals surface area contributed by atoms with Crippen LogP contribution in [0, 0.1) is 0 Å². The van der Waals surface area contributed by atoms with Gasteiger partial charge in [0.05, 0.1) is 13.2 Å². The Morgan fingerprint density at radius 2 is 1.91 bits per heavy atom. The number of carbonyl (C=O) groups excluding carboxylic acids is 1. The summed E-state index contributed by atoms with van der Waals surface area (Å²) in [7, 11) is 1.90. The number of hydrogen-bond acceptors (Lipinski definition) is 4. The highest BCUT2D eigenvalue weighted by Crippen LogP contribution is 2.15. The van der Waals surface area contributed by atoms with Crippen molar-refractivity contribution in [2.45, 2.75) is 12.6 Å². The molecule has 2 aliphatic heterocycles. The fraction of sp³-hybridized carbons (Fsp3) is 0.588. The molecule has 0 N–H and O–H groups in total. The molecule has 5 nitrogen and oxygen atoms in total. The Balaban J connectivity index is 1.41. The van der Waals surface area contributed by atoms with Crippen LogP contribution in [0.5, 0.6) is 0 Å². The number of piperazine rings is 2. The van der Waals surface area contributed by atoms with Crippen molar-refractivity contribution >= 4 is 5.91 Å². The van der Waals surface area contributed by atoms with Gasteiger partial charge < -0.3 is 9.64 Å². The van der Waals surface area contributed by atoms with E-state index in [4.69, 9.17) is 4.74 Å². The number of fused-ring (bicyclic) bond motifs is 1. The van der Waals surface area contributed by atoms with Crippen LogP contribution in [0.2, 0.25) is 0 Å². The van der Waals surface area contributed by atoms with Crippen molar-refractivity contribution in [3.8, 4) is 0 Å². The van der Waals surface area contributed by atoms with E-state index in [9.17, 15) is 4.79 Å². The molecule has 0 spiro atoms. The molecule has 120 valence electrons. The summed E-state index contributed by atoms with van der Waals surface area (Å²) in [5.74, 6) is 0.265. The molecule has 22 heavy (non-hydrogen) atoms. The minimum Gasteiger partial charge on any atom is -0.375 e. The Morgan fingerprint density at radius 3 is 2.73 bits per heavy atom. The normalized spacial score (nSPS) is 23.6. The van der Waals surface area contributed by atoms with Gasteiger partial charge in [0.1, 0.15) is 6.04 Å². The first kappa shape index (κ1) is 15.5. The molecule has 5 heteroatoms. The molecule has 1 aromatic carbocycles. The molecule has 2 saturated heterocycles. The first-order valence-electron chi connectivity index (χ1n) is 8.07. The second-order valence-electron chi connectivity index (χ2n) is 6.15. The quantitative estimate of drug-likeness (QED) is 0.749. The van der Waals surface area contributed by atoms with Crippen molar-refractivity contribution < 1.29 is 9.53 Å². The van der Waals surface area contributed by atoms with Crippen molar-refractivity contribution in [3.63, 3.8) is 0 Å². The van der Waals surface area contributed by atoms with Crippen molar-refractivity contribution in [1.82, 2.24) is 14.7 Å². The molecule has 0 aliphatic carbocycles. The number of amides is 1. The van der Waals surface area contributed by atoms with Gasteiger partial charge in [-0.3, -0.25) is 14.6 Å². The van der Waals surface area contributed by atoms with E-state index in [1.165, 1.54) is 5.56 Å². The van der Waals surface area contributed by atoms with Gasteiger partial charge in [-0.2, -0.15) is 0 Å². The third-order valence-electron chi connectivity index (χ3n) is 4.62. The van der Waals surface area contributed by atoms with E-state index >= 15 is 0 Å². The second-order valence-corrected chi connectivity index (χ2v) is 6.15. The van der Waals surface area contributed by atoms with Gasteiger partial charge in [-0.1, -0.05) is 30.3 Å². The molecule has 2 heterocycles. The SMILES string of the molecule is CN1CCN2CCN(CCOCc3ccccc3)C[C@@H]2C1=O. The summed E-state index contributed by atoms with van der Waals surface area (Å²) in [5, 5.41) is 0. The van der Waals surface area contributed by atoms with Gasteiger partial charge in [0.15, 0.2) is 0 Å². The highest BCUT2D eigenvalue weighted by Gasteiger charge is 2.36. The fourth-order valence-corrected chi connectivity index (χ4v) is 3.18. The van der Waals surface area contributed by atoms with Crippen LogP contribution in [0.25, 0.3) is 0 Å². The highest BCUT2D eigenvalue weighted by molar-refractivity contribution is 5.82. The average molecular weight is 303 g/mol. The van der Waals surface area contributed by atoms with Gasteiger partial charge in [0, 0.05) is 46.3 Å². The van der Waals surface area contributed by atoms with E-state index < -0.39 is 0 Å². The molecule has 2 fully saturated rings. The summed E-state index contributed by atoms with van der Waals surface area (Å²) in [6.07, 6.45) is 0. The van der Waals surface area contributed by atoms with Gasteiger partial charge in [-0.05, 0) is 5.56 Å². The lowest BCUT2D eigenvalue weighted by Gasteiger charge is -2.45. The summed E-state index contributed by atoms with van der Waals surface area (Å²) < 4.78 is 5.76. The van der Waals surface area contributed by atoms with E-state index in [-0.39, 0.29) is 11.9 Å². The zero-order chi connectivity index (χ0) is 15.4. The zero-order valence-corrected chi connectivity index (χ0v) is 13.3. The summed E-state index contributed by atoms with van der Waals surface area (Å²) >= 11 is 0. The van der Waals surface area contributed by atoms with Crippen LogP contribution >= 0.6 is 0 Å². The Morgan fingerprint density at radius 1 is 1.14 bits per heavy atom. The Bertz CT molecular complexity index is 494. The van der Waals surface area contributed by atoms with E-state index in [2.05, 4.69) is 21.9 Å². The second kappa shape index (κ2) is 7.22. The Hall–Kier alpha value is -1.43. The van der Waals surface area contributed by atoms with E-state index in [1.54, 1.807) is 0 Å². The maximum absolute atomic E-state index is 12.2. The molecule has 0 unspecified atom stereocenters. The van der Waals surface area contributed by atoms with Crippen LogP contribution in [0.15, 0.2) is 30.3 Å². The third-order valence-corrected chi connectivity index (χ3v) is 4.62. The highest BCUT2D eigenvalue weighted by atomic mass is 16.5. The molecular formula is C17H25N3O2. The smallest absolute Gasteiger partial charge is 0.241 e. The summed E-state index contributed by atoms with van der Waals surface area (Å²) in [6.45, 7) is 6.98. The molecule has 2 aliphatic rings. The van der Waals surface area contributed by atoms with Crippen LogP contribution in [0.3, 0.4) is 0 Å². The van der Waals surface area contributed by atoms with Gasteiger partial charge in [-0.15, -0.1) is 0 Å². The van der Waals surface area contributed by atoms with Crippen LogP contribution in [0.1, 0.15) is 5.56 Å². The summed E-state index contributed by atoms with van der Waals surface area (Å²) in [5.41, 5.74) is 1.21. The van der Waals surface area contributed by atoms with Crippen LogP contribution < -0.4 is 0 Å². The van der Waals surface area contributed by atoms with Crippen molar-refractivity contribution in [1.29, 1.82) is 0 Å². The minimum atomic E-state index is 0.0432. The zero-order valence-electron chi connectivity index (χ0n) is 13.3. The number of hydrogen-bond donors (Lipinski definition) is 0. The standard InChI is InChI=1S/C17H25N3O2/c1-18-7-9-20-10-8-19(13-16(20)17(18)21)11-12-22-14-15-5-3-2-4-6-15/h2-6,16H,7-14H2,1H3/t16-/m1/s1. The molecule has 0 radical (unpaired) electrons. The molecule has 3 rings (SSSR count). The Kier molecular flexibility index (Phi) is 5.08. The minimum absolute atomic E-state index is 0.0432. The lowest BCUT2D eigenvalue weighted by atomic mass is 10.1. The predicted octanol–water partition coefficient (Wildman–Crippen LogP) is 0.661. The number of ether oxygens (including phenoxy) is 1. The molecule has 1 atom stereocenters. The van der Waals surface area contributed by atoms with Gasteiger partial charge >= 0.3 is 0 Å². The van der Waals surface area contributed by atoms with Crippen LogP contribution in [-0.4, -0.2) is 79.6 Å². The predicted molar refractivity (Wildman–Crippen MR) is 85.5 cm³/mol. The molecular weight excluding hydrogens is 278 g/mol. The summed E-state index contributed by atoms with van der Waals surface area (Å²) in [4.78, 5) is 18.8. The maximum atomic E-state index is 12.2. The lowest BCUT2D eigenvalue weighted by molar-refractivity contribution is -0.143. The van der Waals surface area contributed by atoms with Crippen LogP contribution in [-0.2, 0) is 16.1 Å². The van der Waals surface area contributed by atoms with E-state index in [0.29, 0.717) is 13.2 Å². The fourth-order valence-electron chi connectivity index (χ4n) is 3.18. The van der Waals surface area contributed by atoms with Gasteiger partial charge in [0.2, 0.25) is 5.91 Å². The monoisotopic (exact) mass is 303 g/mol. The molecule has 0 saturated carbocycles. The van der Waals surface area contributed by atoms with Crippen molar-refractivity contribution in [3.05, 3.63) is 35.9 Å². The average Bonchev–Trinajstić information content (AvgIpc) is 2.56. The van der Waals surface area contributed by atoms with Gasteiger partial charge in [-0.25, -0.2) is 0 Å². The van der Waals surface area contributed by atoms with Crippen molar-refractivity contribution in [2.75, 3.05) is 52.9 Å². The van der Waals surface area contributed by atoms with Crippen LogP contribution in [0.4, 0.5) is 0 Å². The first-order valence-corrected chi connectivity index (χ1v) is 8.07. The molecule has 1 amide bonds. The van der Waals surface area contributed by atoms with Gasteiger partial charge in [0.25, 0.3) is 0 Å². The number of benzene rings is 1. The largest absolute Gasteiger partial charge is 0.375 e. The third kappa shape index (κ3) is 3.66. The first-order chi connectivity index (χ1) is 10.7. The Labute approximate surface area is 132 Å². The number of likely N-dealkylation sites (N-methyl/N-ethyl adjacent to an activating group) is 1. The van der Waals surface area contributed by atoms with E-state index in [0.717, 1.165) is 39.3 Å². The van der Waals surface area contributed by atoms with E-state index in [1.807, 2.05) is 30.1 Å². The molecule has 0 aromatic heterocycles. The van der Waals surface area contributed by atoms with Crippen molar-refractivity contribution in [2.24, 2.45) is 0 Å². The maximum Gasteiger partial charge on any atom is 0.241 e. The summed E-state index contributed by atoms with van der Waals surface area (Å²) in [6, 6.07) is 10.3. The topological polar surface area (TPSA) is 36.0 Å². The molecule has 0 bridgehead atoms. The molecule has 1 aromatic rings. The number of rotatable bonds is 5. The number of carbonyl (C=O) groups is 1. The lowest BCUT2D eigenvalue weighted by Crippen LogP contribution is -2.64. The number of nitrogens with zero attached hydrogens (tertiary/aromatic N) is 3.